The van der Waals surface area contributed by atoms with E-state index in [1.54, 1.807) is 6.92 Å². The van der Waals surface area contributed by atoms with Crippen molar-refractivity contribution in [1.29, 1.82) is 10.8 Å². The molecule has 0 fully saturated rings. The van der Waals surface area contributed by atoms with Gasteiger partial charge in [-0.1, -0.05) is 6.92 Å². The van der Waals surface area contributed by atoms with E-state index in [2.05, 4.69) is 15.9 Å². The van der Waals surface area contributed by atoms with Gasteiger partial charge in [-0.15, -0.1) is 0 Å². The number of hydrogen-bond acceptors (Lipinski definition) is 2. The predicted octanol–water partition coefficient (Wildman–Crippen LogP) is 1.64. The van der Waals surface area contributed by atoms with Gasteiger partial charge in [-0.05, 0) is 15.9 Å². The summed E-state index contributed by atoms with van der Waals surface area (Å²) in [5, 5.41) is 13.5. The van der Waals surface area contributed by atoms with Crippen molar-refractivity contribution in [3.8, 4) is 0 Å². The van der Waals surface area contributed by atoms with Gasteiger partial charge in [0, 0.05) is 12.1 Å². The molecule has 1 unspecified atom stereocenters. The lowest BCUT2D eigenvalue weighted by atomic mass is 10.2. The third-order valence-corrected chi connectivity index (χ3v) is 1.37. The maximum atomic E-state index is 6.87. The average Bonchev–Trinajstić information content (AvgIpc) is 1.65. The number of rotatable bonds is 2. The van der Waals surface area contributed by atoms with Crippen LogP contribution in [-0.4, -0.2) is 10.8 Å². The Morgan fingerprint density at radius 3 is 2.29 bits per heavy atom. The van der Waals surface area contributed by atoms with Crippen LogP contribution in [0.2, 0.25) is 0 Å². The summed E-state index contributed by atoms with van der Waals surface area (Å²) in [5.41, 5.74) is 0. The van der Waals surface area contributed by atoms with Gasteiger partial charge in [0.15, 0.2) is 0 Å². The van der Waals surface area contributed by atoms with Gasteiger partial charge in [-0.3, -0.25) is 5.41 Å². The molecule has 0 heterocycles. The molecule has 0 bridgehead atoms. The van der Waals surface area contributed by atoms with Gasteiger partial charge in [0.2, 0.25) is 0 Å². The molecule has 0 rings (SSSR count). The van der Waals surface area contributed by atoms with E-state index < -0.39 is 0 Å². The first kappa shape index (κ1) is 6.82. The first-order valence-electron chi connectivity index (χ1n) is 1.93. The Labute approximate surface area is 51.1 Å². The van der Waals surface area contributed by atoms with Crippen molar-refractivity contribution in [2.24, 2.45) is 5.92 Å². The fraction of sp³-hybridized carbons (Fsp3) is 0.500. The molecule has 0 aliphatic carbocycles. The van der Waals surface area contributed by atoms with Gasteiger partial charge >= 0.3 is 0 Å². The smallest absolute Gasteiger partial charge is 0.0820 e. The molecule has 2 N–H and O–H groups in total. The molecule has 0 amide bonds. The van der Waals surface area contributed by atoms with Crippen LogP contribution in [0.5, 0.6) is 0 Å². The van der Waals surface area contributed by atoms with Gasteiger partial charge in [0.1, 0.15) is 0 Å². The van der Waals surface area contributed by atoms with Crippen LogP contribution < -0.4 is 0 Å². The van der Waals surface area contributed by atoms with Gasteiger partial charge in [0.25, 0.3) is 0 Å². The molecular weight excluding hydrogens is 156 g/mol. The quantitative estimate of drug-likeness (QED) is 0.581. The van der Waals surface area contributed by atoms with Gasteiger partial charge in [-0.2, -0.15) is 0 Å². The molecule has 0 aromatic rings. The zero-order chi connectivity index (χ0) is 5.86. The molecule has 40 valence electrons. The number of halogens is 1. The molecule has 0 saturated heterocycles. The summed E-state index contributed by atoms with van der Waals surface area (Å²) in [6.45, 7) is 1.78. The molecule has 2 nitrogen and oxygen atoms in total. The second-order valence-electron chi connectivity index (χ2n) is 1.30. The van der Waals surface area contributed by atoms with Crippen LogP contribution in [0.25, 0.3) is 0 Å². The molecule has 1 atom stereocenters. The standard InChI is InChI=1S/C4H7BrN2/c1-3(2-6)4(5)7/h2-3,6-7H,1H3. The lowest BCUT2D eigenvalue weighted by molar-refractivity contribution is 1.09. The Morgan fingerprint density at radius 1 is 1.86 bits per heavy atom. The van der Waals surface area contributed by atoms with Crippen molar-refractivity contribution in [2.45, 2.75) is 6.92 Å². The summed E-state index contributed by atoms with van der Waals surface area (Å²) in [5.74, 6) is -0.0556. The second kappa shape index (κ2) is 2.91. The SMILES string of the molecule is CC(C=N)C(=N)Br. The molecule has 0 aromatic heterocycles. The molecule has 3 heteroatoms. The minimum atomic E-state index is -0.0556. The van der Waals surface area contributed by atoms with E-state index in [0.29, 0.717) is 4.62 Å². The van der Waals surface area contributed by atoms with Crippen LogP contribution in [0.15, 0.2) is 0 Å². The van der Waals surface area contributed by atoms with Crippen LogP contribution >= 0.6 is 15.9 Å². The Bertz CT molecular complexity index is 89.7. The summed E-state index contributed by atoms with van der Waals surface area (Å²) < 4.78 is 0.363. The number of nitrogens with one attached hydrogen (secondary N) is 2. The first-order valence-corrected chi connectivity index (χ1v) is 2.72. The fourth-order valence-electron chi connectivity index (χ4n) is 0.0732. The van der Waals surface area contributed by atoms with E-state index in [9.17, 15) is 0 Å². The van der Waals surface area contributed by atoms with Crippen molar-refractivity contribution in [2.75, 3.05) is 0 Å². The van der Waals surface area contributed by atoms with Crippen molar-refractivity contribution in [3.05, 3.63) is 0 Å². The third kappa shape index (κ3) is 2.51. The molecule has 7 heavy (non-hydrogen) atoms. The zero-order valence-electron chi connectivity index (χ0n) is 4.03. The van der Waals surface area contributed by atoms with Crippen LogP contribution in [0, 0.1) is 16.7 Å². The van der Waals surface area contributed by atoms with E-state index in [-0.39, 0.29) is 5.92 Å². The van der Waals surface area contributed by atoms with Crippen LogP contribution in [0.4, 0.5) is 0 Å². The summed E-state index contributed by atoms with van der Waals surface area (Å²) in [6.07, 6.45) is 1.22. The average molecular weight is 163 g/mol. The van der Waals surface area contributed by atoms with Crippen molar-refractivity contribution in [1.82, 2.24) is 0 Å². The lowest BCUT2D eigenvalue weighted by Gasteiger charge is -1.94. The highest BCUT2D eigenvalue weighted by atomic mass is 79.9. The Morgan fingerprint density at radius 2 is 2.29 bits per heavy atom. The van der Waals surface area contributed by atoms with Crippen LogP contribution in [-0.2, 0) is 0 Å². The summed E-state index contributed by atoms with van der Waals surface area (Å²) in [4.78, 5) is 0. The molecule has 0 aromatic carbocycles. The van der Waals surface area contributed by atoms with Crippen molar-refractivity contribution < 1.29 is 0 Å². The zero-order valence-corrected chi connectivity index (χ0v) is 5.62. The predicted molar refractivity (Wildman–Crippen MR) is 34.6 cm³/mol. The van der Waals surface area contributed by atoms with Gasteiger partial charge < -0.3 is 5.41 Å². The van der Waals surface area contributed by atoms with E-state index in [1.165, 1.54) is 6.21 Å². The normalized spacial score (nSPS) is 12.9. The Kier molecular flexibility index (Phi) is 2.83. The molecule has 0 aliphatic rings. The fourth-order valence-corrected chi connectivity index (χ4v) is 0.205. The van der Waals surface area contributed by atoms with Crippen molar-refractivity contribution >= 4 is 26.8 Å². The summed E-state index contributed by atoms with van der Waals surface area (Å²) in [6, 6.07) is 0. The molecule has 0 aliphatic heterocycles. The maximum absolute atomic E-state index is 6.87. The van der Waals surface area contributed by atoms with E-state index in [4.69, 9.17) is 10.8 Å². The molecular formula is C4H7BrN2. The topological polar surface area (TPSA) is 47.7 Å². The largest absolute Gasteiger partial charge is 0.312 e. The monoisotopic (exact) mass is 162 g/mol. The number of hydrogen-bond donors (Lipinski definition) is 2. The highest BCUT2D eigenvalue weighted by molar-refractivity contribution is 9.18. The molecule has 0 spiro atoms. The highest BCUT2D eigenvalue weighted by Gasteiger charge is 1.97. The molecule has 0 radical (unpaired) electrons. The minimum absolute atomic E-state index is 0.0556. The van der Waals surface area contributed by atoms with Gasteiger partial charge in [0.05, 0.1) is 4.62 Å². The second-order valence-corrected chi connectivity index (χ2v) is 2.16. The highest BCUT2D eigenvalue weighted by Crippen LogP contribution is 1.97. The Hall–Kier alpha value is -0.180. The molecule has 0 saturated carbocycles. The van der Waals surface area contributed by atoms with Crippen molar-refractivity contribution in [3.63, 3.8) is 0 Å². The van der Waals surface area contributed by atoms with E-state index in [0.717, 1.165) is 0 Å². The van der Waals surface area contributed by atoms with Crippen LogP contribution in [0.3, 0.4) is 0 Å². The summed E-state index contributed by atoms with van der Waals surface area (Å²) >= 11 is 2.93. The van der Waals surface area contributed by atoms with Gasteiger partial charge in [-0.25, -0.2) is 0 Å². The first-order chi connectivity index (χ1) is 3.18. The van der Waals surface area contributed by atoms with E-state index in [1.807, 2.05) is 0 Å². The lowest BCUT2D eigenvalue weighted by Crippen LogP contribution is -2.01. The van der Waals surface area contributed by atoms with E-state index >= 15 is 0 Å². The summed E-state index contributed by atoms with van der Waals surface area (Å²) in [7, 11) is 0. The van der Waals surface area contributed by atoms with Crippen LogP contribution in [0.1, 0.15) is 6.92 Å². The minimum Gasteiger partial charge on any atom is -0.312 e. The Balaban J connectivity index is 3.55. The maximum Gasteiger partial charge on any atom is 0.0820 e. The third-order valence-electron chi connectivity index (χ3n) is 0.650.